The Hall–Kier alpha value is -2.37. The molecule has 24 heavy (non-hydrogen) atoms. The zero-order valence-corrected chi connectivity index (χ0v) is 14.6. The van der Waals surface area contributed by atoms with Crippen molar-refractivity contribution in [1.29, 1.82) is 0 Å². The molecule has 0 radical (unpaired) electrons. The Labute approximate surface area is 140 Å². The Morgan fingerprint density at radius 3 is 2.79 bits per heavy atom. The number of pyridine rings is 1. The summed E-state index contributed by atoms with van der Waals surface area (Å²) < 4.78 is 19.3. The number of H-pyrrole nitrogens is 1. The van der Waals surface area contributed by atoms with Crippen molar-refractivity contribution in [2.45, 2.75) is 46.1 Å². The van der Waals surface area contributed by atoms with E-state index < -0.39 is 5.97 Å². The van der Waals surface area contributed by atoms with Crippen LogP contribution in [0, 0.1) is 12.7 Å². The molecule has 128 valence electrons. The molecule has 3 heterocycles. The molecule has 0 aromatic carbocycles. The maximum absolute atomic E-state index is 13.9. The first kappa shape index (κ1) is 16.5. The van der Waals surface area contributed by atoms with Crippen molar-refractivity contribution in [1.82, 2.24) is 15.3 Å². The van der Waals surface area contributed by atoms with E-state index in [9.17, 15) is 9.18 Å². The quantitative estimate of drug-likeness (QED) is 0.830. The summed E-state index contributed by atoms with van der Waals surface area (Å²) in [6.07, 6.45) is 1.44. The average Bonchev–Trinajstić information content (AvgIpc) is 2.75. The second kappa shape index (κ2) is 5.61. The van der Waals surface area contributed by atoms with Crippen molar-refractivity contribution in [3.8, 4) is 0 Å². The molecule has 6 heteroatoms. The monoisotopic (exact) mass is 331 g/mol. The van der Waals surface area contributed by atoms with Gasteiger partial charge in [-0.1, -0.05) is 13.8 Å². The average molecular weight is 331 g/mol. The van der Waals surface area contributed by atoms with Gasteiger partial charge in [0.05, 0.1) is 34.1 Å². The molecule has 0 aliphatic carbocycles. The lowest BCUT2D eigenvalue weighted by Crippen LogP contribution is -2.29. The number of aromatic amines is 1. The molecule has 2 aromatic rings. The van der Waals surface area contributed by atoms with Gasteiger partial charge in [-0.25, -0.2) is 14.2 Å². The number of hydrogen-bond acceptors (Lipinski definition) is 4. The molecule has 0 fully saturated rings. The molecule has 0 saturated carbocycles. The lowest BCUT2D eigenvalue weighted by molar-refractivity contribution is -0.140. The molecule has 5 nitrogen and oxygen atoms in total. The largest absolute Gasteiger partial charge is 0.459 e. The summed E-state index contributed by atoms with van der Waals surface area (Å²) in [6.45, 7) is 10.0. The van der Waals surface area contributed by atoms with Gasteiger partial charge in [-0.15, -0.1) is 0 Å². The van der Waals surface area contributed by atoms with E-state index in [0.717, 1.165) is 5.56 Å². The van der Waals surface area contributed by atoms with Crippen LogP contribution in [0.3, 0.4) is 0 Å². The summed E-state index contributed by atoms with van der Waals surface area (Å²) in [4.78, 5) is 20.1. The normalized spacial score (nSPS) is 16.4. The van der Waals surface area contributed by atoms with Crippen LogP contribution in [0.1, 0.15) is 44.6 Å². The second-order valence-corrected chi connectivity index (χ2v) is 7.10. The lowest BCUT2D eigenvalue weighted by Gasteiger charge is -2.23. The zero-order valence-electron chi connectivity index (χ0n) is 14.6. The van der Waals surface area contributed by atoms with Gasteiger partial charge in [-0.3, -0.25) is 0 Å². The number of hydrogen-bond donors (Lipinski definition) is 2. The number of aromatic nitrogens is 2. The summed E-state index contributed by atoms with van der Waals surface area (Å²) in [5.41, 5.74) is 3.28. The zero-order chi connectivity index (χ0) is 17.6. The number of carbonyl (C=O) groups is 1. The van der Waals surface area contributed by atoms with E-state index in [2.05, 4.69) is 29.1 Å². The van der Waals surface area contributed by atoms with Crippen molar-refractivity contribution >= 4 is 22.6 Å². The molecule has 0 atom stereocenters. The molecule has 0 amide bonds. The topological polar surface area (TPSA) is 67.0 Å². The number of halogens is 1. The molecule has 2 N–H and O–H groups in total. The van der Waals surface area contributed by atoms with Crippen LogP contribution in [-0.4, -0.2) is 28.6 Å². The number of esters is 1. The summed E-state index contributed by atoms with van der Waals surface area (Å²) in [5.74, 6) is -0.787. The van der Waals surface area contributed by atoms with Crippen LogP contribution in [0.15, 0.2) is 12.3 Å². The molecule has 3 rings (SSSR count). The molecule has 0 bridgehead atoms. The van der Waals surface area contributed by atoms with Gasteiger partial charge in [-0.05, 0) is 20.8 Å². The number of nitrogens with zero attached hydrogens (tertiary/aromatic N) is 1. The van der Waals surface area contributed by atoms with Crippen LogP contribution in [0.5, 0.6) is 0 Å². The van der Waals surface area contributed by atoms with E-state index in [0.29, 0.717) is 34.5 Å². The highest BCUT2D eigenvalue weighted by Crippen LogP contribution is 2.38. The Morgan fingerprint density at radius 1 is 1.42 bits per heavy atom. The van der Waals surface area contributed by atoms with Crippen molar-refractivity contribution in [3.05, 3.63) is 35.0 Å². The number of ether oxygens (including phenoxy) is 1. The van der Waals surface area contributed by atoms with Crippen LogP contribution in [-0.2, 0) is 14.9 Å². The Bertz CT molecular complexity index is 850. The van der Waals surface area contributed by atoms with Gasteiger partial charge >= 0.3 is 5.97 Å². The maximum Gasteiger partial charge on any atom is 0.342 e. The van der Waals surface area contributed by atoms with Crippen molar-refractivity contribution in [2.24, 2.45) is 0 Å². The first-order chi connectivity index (χ1) is 11.2. The van der Waals surface area contributed by atoms with E-state index in [1.807, 2.05) is 0 Å². The highest BCUT2D eigenvalue weighted by molar-refractivity contribution is 6.17. The highest BCUT2D eigenvalue weighted by Gasteiger charge is 2.34. The third-order valence-electron chi connectivity index (χ3n) is 4.20. The van der Waals surface area contributed by atoms with Crippen molar-refractivity contribution in [3.63, 3.8) is 0 Å². The number of aryl methyl sites for hydroxylation is 1. The smallest absolute Gasteiger partial charge is 0.342 e. The fourth-order valence-electron chi connectivity index (χ4n) is 3.05. The predicted molar refractivity (Wildman–Crippen MR) is 91.0 cm³/mol. The molecule has 1 aliphatic heterocycles. The lowest BCUT2D eigenvalue weighted by atomic mass is 9.83. The van der Waals surface area contributed by atoms with Gasteiger partial charge < -0.3 is 15.0 Å². The molecular weight excluding hydrogens is 309 g/mol. The maximum atomic E-state index is 13.9. The van der Waals surface area contributed by atoms with Crippen molar-refractivity contribution in [2.75, 3.05) is 6.54 Å². The number of rotatable bonds is 2. The number of fused-ring (bicyclic) bond motifs is 3. The van der Waals surface area contributed by atoms with E-state index in [1.165, 1.54) is 6.07 Å². The minimum atomic E-state index is -0.416. The summed E-state index contributed by atoms with van der Waals surface area (Å²) >= 11 is 0. The van der Waals surface area contributed by atoms with Gasteiger partial charge in [-0.2, -0.15) is 0 Å². The first-order valence-electron chi connectivity index (χ1n) is 8.05. The van der Waals surface area contributed by atoms with Gasteiger partial charge in [0.2, 0.25) is 0 Å². The summed E-state index contributed by atoms with van der Waals surface area (Å²) in [7, 11) is 0. The third kappa shape index (κ3) is 2.66. The number of nitrogens with one attached hydrogen (secondary N) is 2. The first-order valence-corrected chi connectivity index (χ1v) is 8.05. The standard InChI is InChI=1S/C18H22FN3O2/c1-9(2)24-17(23)11-7-20-8-18(4,5)14-15(11)22-13-6-12(19)10(3)21-16(13)14/h6-7,9,20,22H,8H2,1-5H3. The van der Waals surface area contributed by atoms with Crippen molar-refractivity contribution < 1.29 is 13.9 Å². The van der Waals surface area contributed by atoms with Gasteiger partial charge in [0.25, 0.3) is 0 Å². The summed E-state index contributed by atoms with van der Waals surface area (Å²) in [6, 6.07) is 1.43. The Kier molecular flexibility index (Phi) is 3.86. The predicted octanol–water partition coefficient (Wildman–Crippen LogP) is 3.18. The Balaban J connectivity index is 2.26. The molecule has 0 unspecified atom stereocenters. The second-order valence-electron chi connectivity index (χ2n) is 7.10. The van der Waals surface area contributed by atoms with E-state index >= 15 is 0 Å². The molecular formula is C18H22FN3O2. The Morgan fingerprint density at radius 2 is 2.12 bits per heavy atom. The van der Waals surface area contributed by atoms with Crippen LogP contribution in [0.25, 0.3) is 16.6 Å². The SMILES string of the molecule is Cc1nc2c3c([nH]c2cc1F)C(C(=O)OC(C)C)=CNCC3(C)C. The van der Waals surface area contributed by atoms with E-state index in [1.54, 1.807) is 27.0 Å². The van der Waals surface area contributed by atoms with Crippen LogP contribution in [0.4, 0.5) is 4.39 Å². The minimum absolute atomic E-state index is 0.222. The fraction of sp³-hybridized carbons (Fsp3) is 0.444. The molecule has 0 spiro atoms. The van der Waals surface area contributed by atoms with Gasteiger partial charge in [0.15, 0.2) is 0 Å². The molecule has 0 saturated heterocycles. The van der Waals surface area contributed by atoms with E-state index in [4.69, 9.17) is 4.74 Å². The van der Waals surface area contributed by atoms with Crippen LogP contribution >= 0.6 is 0 Å². The van der Waals surface area contributed by atoms with Crippen LogP contribution < -0.4 is 5.32 Å². The fourth-order valence-corrected chi connectivity index (χ4v) is 3.05. The molecule has 1 aliphatic rings. The summed E-state index contributed by atoms with van der Waals surface area (Å²) in [5, 5.41) is 3.18. The van der Waals surface area contributed by atoms with Crippen LogP contribution in [0.2, 0.25) is 0 Å². The third-order valence-corrected chi connectivity index (χ3v) is 4.20. The van der Waals surface area contributed by atoms with Gasteiger partial charge in [0.1, 0.15) is 5.82 Å². The number of carbonyl (C=O) groups excluding carboxylic acids is 1. The molecule has 2 aromatic heterocycles. The van der Waals surface area contributed by atoms with E-state index in [-0.39, 0.29) is 17.3 Å². The van der Waals surface area contributed by atoms with Gasteiger partial charge in [0, 0.05) is 29.8 Å². The minimum Gasteiger partial charge on any atom is -0.459 e. The highest BCUT2D eigenvalue weighted by atomic mass is 19.1.